The standard InChI is InChI=1S/C21H17ClN2O5S/c22-17-8-7-15(11-20(17)30(26,27)24-16-4-2-1-3-5-16)21(25)23-12-14-6-9-18-19(10-14)29-13-28-18/h1-11,24H,12-13H2,(H,23,25). The number of rotatable bonds is 6. The highest BCUT2D eigenvalue weighted by Gasteiger charge is 2.21. The van der Waals surface area contributed by atoms with E-state index < -0.39 is 15.9 Å². The molecule has 30 heavy (non-hydrogen) atoms. The Balaban J connectivity index is 1.50. The monoisotopic (exact) mass is 444 g/mol. The third-order valence-corrected chi connectivity index (χ3v) is 6.26. The van der Waals surface area contributed by atoms with Crippen molar-refractivity contribution in [3.8, 4) is 11.5 Å². The van der Waals surface area contributed by atoms with Crippen LogP contribution in [0.25, 0.3) is 0 Å². The first-order valence-corrected chi connectivity index (χ1v) is 10.8. The van der Waals surface area contributed by atoms with Crippen LogP contribution in [0.3, 0.4) is 0 Å². The predicted molar refractivity (Wildman–Crippen MR) is 112 cm³/mol. The predicted octanol–water partition coefficient (Wildman–Crippen LogP) is 3.80. The van der Waals surface area contributed by atoms with E-state index in [4.69, 9.17) is 21.1 Å². The topological polar surface area (TPSA) is 93.7 Å². The van der Waals surface area contributed by atoms with E-state index in [1.807, 2.05) is 6.07 Å². The Bertz CT molecular complexity index is 1200. The molecular formula is C21H17ClN2O5S. The maximum atomic E-state index is 12.7. The van der Waals surface area contributed by atoms with Gasteiger partial charge in [-0.1, -0.05) is 35.9 Å². The van der Waals surface area contributed by atoms with Crippen molar-refractivity contribution in [3.05, 3.63) is 82.9 Å². The highest BCUT2D eigenvalue weighted by atomic mass is 35.5. The smallest absolute Gasteiger partial charge is 0.263 e. The average molecular weight is 445 g/mol. The molecule has 3 aromatic carbocycles. The maximum Gasteiger partial charge on any atom is 0.263 e. The van der Waals surface area contributed by atoms with E-state index in [2.05, 4.69) is 10.0 Å². The summed E-state index contributed by atoms with van der Waals surface area (Å²) in [6.45, 7) is 0.409. The fourth-order valence-corrected chi connectivity index (χ4v) is 4.49. The van der Waals surface area contributed by atoms with Crippen LogP contribution in [0, 0.1) is 0 Å². The van der Waals surface area contributed by atoms with Crippen LogP contribution in [0.2, 0.25) is 5.02 Å². The SMILES string of the molecule is O=C(NCc1ccc2c(c1)OCO2)c1ccc(Cl)c(S(=O)(=O)Nc2ccccc2)c1. The third kappa shape index (κ3) is 4.34. The highest BCUT2D eigenvalue weighted by molar-refractivity contribution is 7.92. The molecule has 0 aliphatic carbocycles. The maximum absolute atomic E-state index is 12.7. The molecule has 0 radical (unpaired) electrons. The van der Waals surface area contributed by atoms with Crippen molar-refractivity contribution in [3.63, 3.8) is 0 Å². The molecule has 7 nitrogen and oxygen atoms in total. The van der Waals surface area contributed by atoms with Gasteiger partial charge in [0.25, 0.3) is 15.9 Å². The van der Waals surface area contributed by atoms with Gasteiger partial charge < -0.3 is 14.8 Å². The summed E-state index contributed by atoms with van der Waals surface area (Å²) in [5.41, 5.74) is 1.39. The van der Waals surface area contributed by atoms with Gasteiger partial charge in [0.05, 0.1) is 5.02 Å². The van der Waals surface area contributed by atoms with Crippen LogP contribution in [-0.4, -0.2) is 21.1 Å². The summed E-state index contributed by atoms with van der Waals surface area (Å²) in [5, 5.41) is 2.78. The lowest BCUT2D eigenvalue weighted by Gasteiger charge is -2.11. The lowest BCUT2D eigenvalue weighted by atomic mass is 10.1. The summed E-state index contributed by atoms with van der Waals surface area (Å²) in [6.07, 6.45) is 0. The Hall–Kier alpha value is -3.23. The molecule has 3 aromatic rings. The molecule has 0 unspecified atom stereocenters. The number of hydrogen-bond donors (Lipinski definition) is 2. The first kappa shape index (κ1) is 20.1. The summed E-state index contributed by atoms with van der Waals surface area (Å²) in [4.78, 5) is 12.4. The van der Waals surface area contributed by atoms with Gasteiger partial charge in [-0.2, -0.15) is 0 Å². The number of carbonyl (C=O) groups excluding carboxylic acids is 1. The van der Waals surface area contributed by atoms with Gasteiger partial charge in [0.1, 0.15) is 4.90 Å². The van der Waals surface area contributed by atoms with Crippen LogP contribution in [0.1, 0.15) is 15.9 Å². The Morgan fingerprint density at radius 1 is 0.967 bits per heavy atom. The largest absolute Gasteiger partial charge is 0.454 e. The van der Waals surface area contributed by atoms with Crippen molar-refractivity contribution in [1.82, 2.24) is 5.32 Å². The molecule has 0 saturated carbocycles. The average Bonchev–Trinajstić information content (AvgIpc) is 3.20. The van der Waals surface area contributed by atoms with Crippen LogP contribution in [0.5, 0.6) is 11.5 Å². The minimum atomic E-state index is -3.97. The van der Waals surface area contributed by atoms with E-state index in [1.54, 1.807) is 42.5 Å². The van der Waals surface area contributed by atoms with Crippen molar-refractivity contribution < 1.29 is 22.7 Å². The van der Waals surface area contributed by atoms with Crippen LogP contribution < -0.4 is 19.5 Å². The molecule has 0 bridgehead atoms. The Kier molecular flexibility index (Phi) is 5.52. The Morgan fingerprint density at radius 2 is 1.73 bits per heavy atom. The van der Waals surface area contributed by atoms with E-state index in [0.29, 0.717) is 17.2 Å². The number of halogens is 1. The number of nitrogens with one attached hydrogen (secondary N) is 2. The minimum absolute atomic E-state index is 0.0192. The summed E-state index contributed by atoms with van der Waals surface area (Å²) in [5.74, 6) is 0.845. The van der Waals surface area contributed by atoms with Crippen molar-refractivity contribution in [2.75, 3.05) is 11.5 Å². The zero-order valence-electron chi connectivity index (χ0n) is 15.6. The zero-order valence-corrected chi connectivity index (χ0v) is 17.2. The third-order valence-electron chi connectivity index (χ3n) is 4.40. The number of benzene rings is 3. The van der Waals surface area contributed by atoms with Crippen LogP contribution in [0.4, 0.5) is 5.69 Å². The summed E-state index contributed by atoms with van der Waals surface area (Å²) in [6, 6.07) is 17.9. The van der Waals surface area contributed by atoms with Gasteiger partial charge in [0.2, 0.25) is 6.79 Å². The molecule has 0 saturated heterocycles. The van der Waals surface area contributed by atoms with Crippen molar-refractivity contribution >= 4 is 33.2 Å². The molecule has 0 spiro atoms. The molecule has 1 heterocycles. The van der Waals surface area contributed by atoms with E-state index in [9.17, 15) is 13.2 Å². The lowest BCUT2D eigenvalue weighted by Crippen LogP contribution is -2.23. The quantitative estimate of drug-likeness (QED) is 0.603. The molecule has 2 N–H and O–H groups in total. The van der Waals surface area contributed by atoms with Gasteiger partial charge in [-0.15, -0.1) is 0 Å². The minimum Gasteiger partial charge on any atom is -0.454 e. The number of carbonyl (C=O) groups is 1. The first-order valence-electron chi connectivity index (χ1n) is 8.96. The molecule has 1 amide bonds. The van der Waals surface area contributed by atoms with Crippen molar-refractivity contribution in [2.24, 2.45) is 0 Å². The number of amides is 1. The molecule has 1 aliphatic heterocycles. The number of ether oxygens (including phenoxy) is 2. The molecule has 4 rings (SSSR count). The van der Waals surface area contributed by atoms with E-state index >= 15 is 0 Å². The molecule has 0 aromatic heterocycles. The molecule has 1 aliphatic rings. The number of hydrogen-bond acceptors (Lipinski definition) is 5. The van der Waals surface area contributed by atoms with Crippen LogP contribution >= 0.6 is 11.6 Å². The summed E-state index contributed by atoms with van der Waals surface area (Å²) >= 11 is 6.10. The van der Waals surface area contributed by atoms with Gasteiger partial charge in [-0.3, -0.25) is 9.52 Å². The molecule has 0 atom stereocenters. The van der Waals surface area contributed by atoms with E-state index in [1.165, 1.54) is 18.2 Å². The molecule has 154 valence electrons. The molecule has 0 fully saturated rings. The normalized spacial score (nSPS) is 12.4. The second kappa shape index (κ2) is 8.25. The van der Waals surface area contributed by atoms with Crippen molar-refractivity contribution in [2.45, 2.75) is 11.4 Å². The lowest BCUT2D eigenvalue weighted by molar-refractivity contribution is 0.0950. The van der Waals surface area contributed by atoms with Gasteiger partial charge in [0.15, 0.2) is 11.5 Å². The number of anilines is 1. The van der Waals surface area contributed by atoms with Crippen LogP contribution in [0.15, 0.2) is 71.6 Å². The Morgan fingerprint density at radius 3 is 2.53 bits per heavy atom. The number of sulfonamides is 1. The number of fused-ring (bicyclic) bond motifs is 1. The zero-order chi connectivity index (χ0) is 21.1. The first-order chi connectivity index (χ1) is 14.4. The van der Waals surface area contributed by atoms with Gasteiger partial charge >= 0.3 is 0 Å². The second-order valence-electron chi connectivity index (χ2n) is 6.49. The Labute approximate surface area is 178 Å². The molecular weight excluding hydrogens is 428 g/mol. The van der Waals surface area contributed by atoms with E-state index in [0.717, 1.165) is 5.56 Å². The van der Waals surface area contributed by atoms with Gasteiger partial charge in [0, 0.05) is 17.8 Å². The molecule has 9 heteroatoms. The highest BCUT2D eigenvalue weighted by Crippen LogP contribution is 2.32. The van der Waals surface area contributed by atoms with Gasteiger partial charge in [-0.05, 0) is 48.0 Å². The fourth-order valence-electron chi connectivity index (χ4n) is 2.90. The summed E-state index contributed by atoms with van der Waals surface area (Å²) in [7, 11) is -3.97. The van der Waals surface area contributed by atoms with Gasteiger partial charge in [-0.25, -0.2) is 8.42 Å². The summed E-state index contributed by atoms with van der Waals surface area (Å²) < 4.78 is 38.5. The second-order valence-corrected chi connectivity index (χ2v) is 8.55. The number of para-hydroxylation sites is 1. The van der Waals surface area contributed by atoms with Crippen LogP contribution in [-0.2, 0) is 16.6 Å². The van der Waals surface area contributed by atoms with E-state index in [-0.39, 0.29) is 28.8 Å². The van der Waals surface area contributed by atoms with Crippen molar-refractivity contribution in [1.29, 1.82) is 0 Å². The fraction of sp³-hybridized carbons (Fsp3) is 0.0952.